The summed E-state index contributed by atoms with van der Waals surface area (Å²) in [5.74, 6) is 0.142. The average molecular weight is 329 g/mol. The lowest BCUT2D eigenvalue weighted by Gasteiger charge is -2.18. The summed E-state index contributed by atoms with van der Waals surface area (Å²) in [7, 11) is 0. The van der Waals surface area contributed by atoms with E-state index < -0.39 is 0 Å². The van der Waals surface area contributed by atoms with E-state index in [1.54, 1.807) is 6.92 Å². The molecule has 2 rings (SSSR count). The van der Waals surface area contributed by atoms with Crippen molar-refractivity contribution in [2.75, 3.05) is 0 Å². The highest BCUT2D eigenvalue weighted by Crippen LogP contribution is 2.11. The minimum absolute atomic E-state index is 0.142. The minimum atomic E-state index is 0.142. The Morgan fingerprint density at radius 1 is 1.08 bits per heavy atom. The molecule has 0 saturated heterocycles. The molecule has 0 amide bonds. The molecule has 1 aliphatic rings. The molecule has 1 aromatic heterocycles. The van der Waals surface area contributed by atoms with Crippen molar-refractivity contribution in [3.8, 4) is 0 Å². The molecular formula is C21H31NO2. The largest absolute Gasteiger partial charge is 0.337 e. The smallest absolute Gasteiger partial charge is 0.192 e. The topological polar surface area (TPSA) is 39.1 Å². The third kappa shape index (κ3) is 4.46. The number of ketones is 1. The number of nitrogens with zero attached hydrogens (tertiary/aromatic N) is 1. The zero-order chi connectivity index (χ0) is 17.5. The van der Waals surface area contributed by atoms with Gasteiger partial charge in [0.15, 0.2) is 5.43 Å². The van der Waals surface area contributed by atoms with Gasteiger partial charge in [-0.25, -0.2) is 0 Å². The Morgan fingerprint density at radius 2 is 1.75 bits per heavy atom. The van der Waals surface area contributed by atoms with Gasteiger partial charge < -0.3 is 4.57 Å². The fraction of sp³-hybridized carbons (Fsp3) is 0.619. The van der Waals surface area contributed by atoms with E-state index in [1.807, 2.05) is 13.0 Å². The number of fused-ring (bicyclic) bond motifs is 1. The minimum Gasteiger partial charge on any atom is -0.337 e. The molecule has 0 spiro atoms. The molecule has 3 heteroatoms. The number of pyridine rings is 1. The van der Waals surface area contributed by atoms with Crippen molar-refractivity contribution < 1.29 is 4.79 Å². The Morgan fingerprint density at radius 3 is 2.46 bits per heavy atom. The predicted molar refractivity (Wildman–Crippen MR) is 101 cm³/mol. The molecule has 24 heavy (non-hydrogen) atoms. The van der Waals surface area contributed by atoms with Crippen molar-refractivity contribution in [1.82, 2.24) is 4.57 Å². The number of aromatic nitrogens is 1. The van der Waals surface area contributed by atoms with Crippen LogP contribution in [0.15, 0.2) is 4.79 Å². The lowest BCUT2D eigenvalue weighted by Crippen LogP contribution is -2.49. The fourth-order valence-electron chi connectivity index (χ4n) is 3.61. The second kappa shape index (κ2) is 9.00. The maximum Gasteiger partial charge on any atom is 0.192 e. The molecule has 0 radical (unpaired) electrons. The summed E-state index contributed by atoms with van der Waals surface area (Å²) in [6, 6.07) is 0. The molecule has 0 aromatic carbocycles. The number of unbranched alkanes of at least 4 members (excludes halogenated alkanes) is 5. The second-order valence-electron chi connectivity index (χ2n) is 6.99. The van der Waals surface area contributed by atoms with E-state index in [4.69, 9.17) is 0 Å². The van der Waals surface area contributed by atoms with Crippen LogP contribution in [0.2, 0.25) is 0 Å². The summed E-state index contributed by atoms with van der Waals surface area (Å²) in [5, 5.41) is 1.76. The van der Waals surface area contributed by atoms with Gasteiger partial charge in [-0.15, -0.1) is 0 Å². The number of Topliss-reactive ketones (excluding diaryl/α,β-unsaturated/α-hetero) is 1. The molecule has 1 heterocycles. The quantitative estimate of drug-likeness (QED) is 0.653. The highest BCUT2D eigenvalue weighted by atomic mass is 16.1. The summed E-state index contributed by atoms with van der Waals surface area (Å²) in [4.78, 5) is 24.5. The van der Waals surface area contributed by atoms with Crippen LogP contribution < -0.4 is 16.0 Å². The van der Waals surface area contributed by atoms with Crippen molar-refractivity contribution in [2.45, 2.75) is 85.1 Å². The first-order valence-electron chi connectivity index (χ1n) is 9.48. The number of carbonyl (C=O) groups is 1. The Balaban J connectivity index is 2.31. The maximum absolute atomic E-state index is 12.7. The van der Waals surface area contributed by atoms with Crippen molar-refractivity contribution in [2.24, 2.45) is 0 Å². The molecule has 0 aliphatic heterocycles. The molecule has 3 nitrogen and oxygen atoms in total. The SMILES string of the molecule is CCCCCCCCc1c(C)c(=O)c2c(n1CC(C)=O)=CCCC=2. The van der Waals surface area contributed by atoms with Gasteiger partial charge in [0, 0.05) is 21.8 Å². The molecule has 0 bridgehead atoms. The zero-order valence-electron chi connectivity index (χ0n) is 15.5. The molecule has 0 atom stereocenters. The van der Waals surface area contributed by atoms with E-state index in [-0.39, 0.29) is 11.2 Å². The highest BCUT2D eigenvalue weighted by Gasteiger charge is 2.14. The van der Waals surface area contributed by atoms with Crippen molar-refractivity contribution in [1.29, 1.82) is 0 Å². The zero-order valence-corrected chi connectivity index (χ0v) is 15.5. The van der Waals surface area contributed by atoms with Crippen LogP contribution in [0.5, 0.6) is 0 Å². The normalized spacial score (nSPS) is 13.1. The first-order valence-corrected chi connectivity index (χ1v) is 9.48. The van der Waals surface area contributed by atoms with Gasteiger partial charge in [-0.05, 0) is 39.5 Å². The highest BCUT2D eigenvalue weighted by molar-refractivity contribution is 5.75. The van der Waals surface area contributed by atoms with E-state index in [1.165, 1.54) is 32.1 Å². The van der Waals surface area contributed by atoms with Crippen molar-refractivity contribution in [3.63, 3.8) is 0 Å². The summed E-state index contributed by atoms with van der Waals surface area (Å²) in [5.41, 5.74) is 2.05. The first kappa shape index (κ1) is 18.7. The monoisotopic (exact) mass is 329 g/mol. The van der Waals surface area contributed by atoms with Crippen LogP contribution in [0.4, 0.5) is 0 Å². The Kier molecular flexibility index (Phi) is 7.01. The van der Waals surface area contributed by atoms with Crippen LogP contribution in [0.1, 0.15) is 76.5 Å². The third-order valence-electron chi connectivity index (χ3n) is 4.91. The number of hydrogen-bond donors (Lipinski definition) is 0. The summed E-state index contributed by atoms with van der Waals surface area (Å²) in [6.45, 7) is 6.15. The molecule has 132 valence electrons. The summed E-state index contributed by atoms with van der Waals surface area (Å²) < 4.78 is 2.11. The van der Waals surface area contributed by atoms with Gasteiger partial charge in [0.05, 0.1) is 6.54 Å². The molecular weight excluding hydrogens is 298 g/mol. The lowest BCUT2D eigenvalue weighted by molar-refractivity contribution is -0.117. The van der Waals surface area contributed by atoms with Gasteiger partial charge in [0.2, 0.25) is 0 Å². The third-order valence-corrected chi connectivity index (χ3v) is 4.91. The van der Waals surface area contributed by atoms with Gasteiger partial charge in [-0.2, -0.15) is 0 Å². The number of hydrogen-bond acceptors (Lipinski definition) is 2. The van der Waals surface area contributed by atoms with Gasteiger partial charge in [0.1, 0.15) is 5.78 Å². The van der Waals surface area contributed by atoms with Gasteiger partial charge in [-0.1, -0.05) is 51.2 Å². The standard InChI is InChI=1S/C21H31NO2/c1-4-5-6-7-8-9-13-19-17(3)21(24)18-12-10-11-14-20(18)22(19)15-16(2)23/h12,14H,4-11,13,15H2,1-3H3. The molecule has 1 aromatic rings. The van der Waals surface area contributed by atoms with Crippen molar-refractivity contribution in [3.05, 3.63) is 32.0 Å². The molecule has 1 aliphatic carbocycles. The first-order chi connectivity index (χ1) is 11.6. The van der Waals surface area contributed by atoms with Gasteiger partial charge in [0.25, 0.3) is 0 Å². The van der Waals surface area contributed by atoms with Crippen LogP contribution in [0.3, 0.4) is 0 Å². The van der Waals surface area contributed by atoms with E-state index in [9.17, 15) is 9.59 Å². The lowest BCUT2D eigenvalue weighted by atomic mass is 10.0. The Hall–Kier alpha value is -1.64. The Labute approximate surface area is 145 Å². The van der Waals surface area contributed by atoms with Crippen LogP contribution in [-0.2, 0) is 17.8 Å². The van der Waals surface area contributed by atoms with E-state index >= 15 is 0 Å². The summed E-state index contributed by atoms with van der Waals surface area (Å²) in [6.07, 6.45) is 14.3. The number of carbonyl (C=O) groups excluding carboxylic acids is 1. The van der Waals surface area contributed by atoms with E-state index in [0.717, 1.165) is 47.5 Å². The van der Waals surface area contributed by atoms with Crippen LogP contribution in [0.25, 0.3) is 12.2 Å². The van der Waals surface area contributed by atoms with Crippen LogP contribution in [0, 0.1) is 6.92 Å². The van der Waals surface area contributed by atoms with Crippen LogP contribution >= 0.6 is 0 Å². The summed E-state index contributed by atoms with van der Waals surface area (Å²) >= 11 is 0. The Bertz CT molecular complexity index is 756. The fourth-order valence-corrected chi connectivity index (χ4v) is 3.61. The van der Waals surface area contributed by atoms with E-state index in [2.05, 4.69) is 17.6 Å². The van der Waals surface area contributed by atoms with Gasteiger partial charge >= 0.3 is 0 Å². The average Bonchev–Trinajstić information content (AvgIpc) is 2.57. The molecule has 0 saturated carbocycles. The van der Waals surface area contributed by atoms with Crippen LogP contribution in [-0.4, -0.2) is 10.4 Å². The van der Waals surface area contributed by atoms with E-state index in [0.29, 0.717) is 6.54 Å². The van der Waals surface area contributed by atoms with Gasteiger partial charge in [-0.3, -0.25) is 9.59 Å². The molecule has 0 N–H and O–H groups in total. The number of rotatable bonds is 9. The molecule has 0 fully saturated rings. The maximum atomic E-state index is 12.7. The predicted octanol–water partition coefficient (Wildman–Crippen LogP) is 3.00. The molecule has 0 unspecified atom stereocenters. The second-order valence-corrected chi connectivity index (χ2v) is 6.99. The van der Waals surface area contributed by atoms with Crippen molar-refractivity contribution >= 4 is 17.9 Å².